The molecular formula is C23H26BrN3O3. The third-order valence-electron chi connectivity index (χ3n) is 5.57. The molecule has 1 fully saturated rings. The van der Waals surface area contributed by atoms with Crippen molar-refractivity contribution < 1.29 is 14.3 Å². The summed E-state index contributed by atoms with van der Waals surface area (Å²) in [6.45, 7) is 4.06. The summed E-state index contributed by atoms with van der Waals surface area (Å²) >= 11 is 3.45. The zero-order valence-corrected chi connectivity index (χ0v) is 18.6. The predicted octanol–water partition coefficient (Wildman–Crippen LogP) is 4.18. The molecule has 2 aromatic rings. The van der Waals surface area contributed by atoms with Crippen molar-refractivity contribution in [3.05, 3.63) is 58.6 Å². The molecule has 158 valence electrons. The van der Waals surface area contributed by atoms with Crippen molar-refractivity contribution in [1.82, 2.24) is 10.2 Å². The summed E-state index contributed by atoms with van der Waals surface area (Å²) in [4.78, 5) is 29.7. The van der Waals surface area contributed by atoms with Gasteiger partial charge in [0.2, 0.25) is 5.91 Å². The van der Waals surface area contributed by atoms with E-state index in [9.17, 15) is 9.59 Å². The fourth-order valence-corrected chi connectivity index (χ4v) is 4.53. The van der Waals surface area contributed by atoms with Crippen LogP contribution in [-0.2, 0) is 11.3 Å². The Balaban J connectivity index is 1.40. The summed E-state index contributed by atoms with van der Waals surface area (Å²) in [5.74, 6) is 0.539. The van der Waals surface area contributed by atoms with Gasteiger partial charge in [0.15, 0.2) is 0 Å². The number of benzene rings is 2. The Kier molecular flexibility index (Phi) is 6.27. The first-order valence-corrected chi connectivity index (χ1v) is 11.1. The molecule has 2 heterocycles. The van der Waals surface area contributed by atoms with Gasteiger partial charge >= 0.3 is 6.03 Å². The summed E-state index contributed by atoms with van der Waals surface area (Å²) in [7, 11) is 0. The number of carbonyl (C=O) groups excluding carboxylic acids is 2. The number of piperidine rings is 1. The Bertz CT molecular complexity index is 935. The number of carbonyl (C=O) groups is 2. The van der Waals surface area contributed by atoms with Gasteiger partial charge in [-0.1, -0.05) is 40.2 Å². The summed E-state index contributed by atoms with van der Waals surface area (Å²) in [5.41, 5.74) is 1.84. The van der Waals surface area contributed by atoms with Crippen LogP contribution in [0.25, 0.3) is 0 Å². The fourth-order valence-electron chi connectivity index (χ4n) is 4.09. The highest BCUT2D eigenvalue weighted by Crippen LogP contribution is 2.34. The van der Waals surface area contributed by atoms with Crippen molar-refractivity contribution >= 4 is 33.6 Å². The van der Waals surface area contributed by atoms with Crippen molar-refractivity contribution in [2.24, 2.45) is 5.92 Å². The second-order valence-corrected chi connectivity index (χ2v) is 8.84. The monoisotopic (exact) mass is 471 g/mol. The van der Waals surface area contributed by atoms with Gasteiger partial charge < -0.3 is 15.0 Å². The third kappa shape index (κ3) is 4.61. The molecule has 2 atom stereocenters. The number of rotatable bonds is 3. The topological polar surface area (TPSA) is 61.9 Å². The number of fused-ring (bicyclic) bond motifs is 1. The number of para-hydroxylation sites is 2. The highest BCUT2D eigenvalue weighted by atomic mass is 79.9. The Morgan fingerprint density at radius 3 is 2.83 bits per heavy atom. The largest absolute Gasteiger partial charge is 0.487 e. The lowest BCUT2D eigenvalue weighted by Gasteiger charge is -2.39. The minimum atomic E-state index is -0.191. The minimum Gasteiger partial charge on any atom is -0.487 e. The highest BCUT2D eigenvalue weighted by molar-refractivity contribution is 9.10. The number of amides is 3. The van der Waals surface area contributed by atoms with Crippen LogP contribution in [0.15, 0.2) is 53.0 Å². The van der Waals surface area contributed by atoms with E-state index in [1.165, 1.54) is 0 Å². The molecule has 0 saturated carbocycles. The van der Waals surface area contributed by atoms with Gasteiger partial charge in [0, 0.05) is 24.1 Å². The molecule has 2 aliphatic rings. The maximum atomic E-state index is 13.3. The number of halogens is 1. The Morgan fingerprint density at radius 2 is 2.00 bits per heavy atom. The molecule has 1 saturated heterocycles. The van der Waals surface area contributed by atoms with E-state index in [0.717, 1.165) is 34.3 Å². The highest BCUT2D eigenvalue weighted by Gasteiger charge is 2.34. The van der Waals surface area contributed by atoms with E-state index in [0.29, 0.717) is 26.2 Å². The number of ether oxygens (including phenoxy) is 1. The van der Waals surface area contributed by atoms with Crippen LogP contribution < -0.4 is 15.0 Å². The fraction of sp³-hybridized carbons (Fsp3) is 0.391. The third-order valence-corrected chi connectivity index (χ3v) is 6.07. The molecule has 0 aromatic heterocycles. The zero-order chi connectivity index (χ0) is 21.1. The lowest BCUT2D eigenvalue weighted by atomic mass is 9.97. The average molecular weight is 472 g/mol. The van der Waals surface area contributed by atoms with Gasteiger partial charge in [-0.25, -0.2) is 4.79 Å². The molecule has 0 aliphatic carbocycles. The summed E-state index contributed by atoms with van der Waals surface area (Å²) in [5, 5.41) is 3.03. The smallest absolute Gasteiger partial charge is 0.324 e. The normalized spacial score (nSPS) is 20.9. The molecule has 2 aromatic carbocycles. The standard InChI is InChI=1S/C23H26BrN3O3/c1-16-14-27(20-9-2-3-10-21(20)30-16)23(29)26-11-5-7-18(15-26)22(28)25-13-17-6-4-8-19(24)12-17/h2-4,6,8-10,12,16,18H,5,7,11,13-15H2,1H3,(H,25,28)/t16-,18-/m1/s1. The first-order valence-electron chi connectivity index (χ1n) is 10.4. The Morgan fingerprint density at radius 1 is 1.17 bits per heavy atom. The molecule has 6 nitrogen and oxygen atoms in total. The SMILES string of the molecule is C[C@@H]1CN(C(=O)N2CCC[C@@H](C(=O)NCc3cccc(Br)c3)C2)c2ccccc2O1. The van der Waals surface area contributed by atoms with Gasteiger partial charge in [-0.3, -0.25) is 9.69 Å². The first-order chi connectivity index (χ1) is 14.5. The van der Waals surface area contributed by atoms with Crippen molar-refractivity contribution in [1.29, 1.82) is 0 Å². The minimum absolute atomic E-state index is 0.00298. The van der Waals surface area contributed by atoms with E-state index in [-0.39, 0.29) is 24.0 Å². The first kappa shape index (κ1) is 20.7. The summed E-state index contributed by atoms with van der Waals surface area (Å²) in [6, 6.07) is 15.5. The van der Waals surface area contributed by atoms with Gasteiger partial charge in [0.1, 0.15) is 11.9 Å². The van der Waals surface area contributed by atoms with E-state index in [4.69, 9.17) is 4.74 Å². The average Bonchev–Trinajstić information content (AvgIpc) is 2.76. The molecule has 3 amide bonds. The van der Waals surface area contributed by atoms with Crippen LogP contribution in [0.3, 0.4) is 0 Å². The number of urea groups is 1. The molecule has 4 rings (SSSR count). The van der Waals surface area contributed by atoms with Crippen molar-refractivity contribution in [3.63, 3.8) is 0 Å². The van der Waals surface area contributed by atoms with Gasteiger partial charge in [-0.15, -0.1) is 0 Å². The second-order valence-electron chi connectivity index (χ2n) is 7.92. The van der Waals surface area contributed by atoms with Crippen LogP contribution in [0, 0.1) is 5.92 Å². The van der Waals surface area contributed by atoms with Crippen molar-refractivity contribution in [3.8, 4) is 5.75 Å². The molecule has 0 bridgehead atoms. The molecule has 7 heteroatoms. The Labute approximate surface area is 185 Å². The van der Waals surface area contributed by atoms with Crippen LogP contribution in [0.4, 0.5) is 10.5 Å². The summed E-state index contributed by atoms with van der Waals surface area (Å²) < 4.78 is 6.85. The molecule has 0 radical (unpaired) electrons. The number of nitrogens with one attached hydrogen (secondary N) is 1. The number of hydrogen-bond acceptors (Lipinski definition) is 3. The van der Waals surface area contributed by atoms with Gasteiger partial charge in [-0.05, 0) is 49.6 Å². The van der Waals surface area contributed by atoms with Gasteiger partial charge in [0.05, 0.1) is 18.2 Å². The van der Waals surface area contributed by atoms with Crippen LogP contribution in [0.1, 0.15) is 25.3 Å². The quantitative estimate of drug-likeness (QED) is 0.729. The molecule has 2 aliphatic heterocycles. The molecular weight excluding hydrogens is 446 g/mol. The zero-order valence-electron chi connectivity index (χ0n) is 17.0. The number of anilines is 1. The number of nitrogens with zero attached hydrogens (tertiary/aromatic N) is 2. The van der Waals surface area contributed by atoms with Crippen molar-refractivity contribution in [2.75, 3.05) is 24.5 Å². The van der Waals surface area contributed by atoms with Crippen LogP contribution in [0.2, 0.25) is 0 Å². The van der Waals surface area contributed by atoms with Gasteiger partial charge in [0.25, 0.3) is 0 Å². The molecule has 30 heavy (non-hydrogen) atoms. The molecule has 0 spiro atoms. The summed E-state index contributed by atoms with van der Waals surface area (Å²) in [6.07, 6.45) is 1.55. The number of likely N-dealkylation sites (tertiary alicyclic amines) is 1. The predicted molar refractivity (Wildman–Crippen MR) is 120 cm³/mol. The molecule has 1 N–H and O–H groups in total. The Hall–Kier alpha value is -2.54. The second kappa shape index (κ2) is 9.08. The van der Waals surface area contributed by atoms with E-state index in [1.54, 1.807) is 4.90 Å². The lowest BCUT2D eigenvalue weighted by Crippen LogP contribution is -2.53. The lowest BCUT2D eigenvalue weighted by molar-refractivity contribution is -0.126. The van der Waals surface area contributed by atoms with E-state index in [1.807, 2.05) is 60.4 Å². The van der Waals surface area contributed by atoms with Crippen molar-refractivity contribution in [2.45, 2.75) is 32.4 Å². The van der Waals surface area contributed by atoms with Crippen LogP contribution >= 0.6 is 15.9 Å². The maximum absolute atomic E-state index is 13.3. The van der Waals surface area contributed by atoms with Crippen LogP contribution in [0.5, 0.6) is 5.75 Å². The van der Waals surface area contributed by atoms with E-state index >= 15 is 0 Å². The van der Waals surface area contributed by atoms with Gasteiger partial charge in [-0.2, -0.15) is 0 Å². The van der Waals surface area contributed by atoms with E-state index < -0.39 is 0 Å². The van der Waals surface area contributed by atoms with E-state index in [2.05, 4.69) is 21.2 Å². The maximum Gasteiger partial charge on any atom is 0.324 e. The number of hydrogen-bond donors (Lipinski definition) is 1. The van der Waals surface area contributed by atoms with Crippen LogP contribution in [-0.4, -0.2) is 42.6 Å². The molecule has 0 unspecified atom stereocenters.